The van der Waals surface area contributed by atoms with Crippen molar-refractivity contribution in [3.63, 3.8) is 0 Å². The number of aliphatic hydroxyl groups is 7. The summed E-state index contributed by atoms with van der Waals surface area (Å²) < 4.78 is 24.0. The standard InChI is InChI=1S/C42H68O13/c1-37(2)17-21-20-9-10-24-40(6)13-12-26(38(3,4)23(40)11-14-42(24,8)41(20,7)16-15-39(21,5)25(44)18-37)53-36-33(30(48)29(47)32(54-36)34(50)51)55-35-31(49)28(46)27(45)22(19-43)52-35/h9,21-33,35-36,43-49H,10-19H2,1-8H3,(H,50,51)/t21-,22+,23-,24+,25+,26+,27-,28-,29-,30-,31+,32-,33+,35-,36-,39+,40-,41+,42+/m1/s1. The van der Waals surface area contributed by atoms with E-state index in [4.69, 9.17) is 18.9 Å². The van der Waals surface area contributed by atoms with Crippen molar-refractivity contribution in [1.82, 2.24) is 0 Å². The van der Waals surface area contributed by atoms with Crippen LogP contribution in [-0.2, 0) is 23.7 Å². The first-order valence-corrected chi connectivity index (χ1v) is 20.7. The van der Waals surface area contributed by atoms with Crippen molar-refractivity contribution in [2.75, 3.05) is 6.61 Å². The Morgan fingerprint density at radius 3 is 2.09 bits per heavy atom. The van der Waals surface area contributed by atoms with Crippen molar-refractivity contribution < 1.29 is 64.6 Å². The van der Waals surface area contributed by atoms with Crippen LogP contribution in [0.3, 0.4) is 0 Å². The van der Waals surface area contributed by atoms with Crippen molar-refractivity contribution in [1.29, 1.82) is 0 Å². The number of carboxylic acids is 1. The van der Waals surface area contributed by atoms with Crippen LogP contribution in [0, 0.1) is 50.2 Å². The molecule has 0 spiro atoms. The molecule has 0 bridgehead atoms. The quantitative estimate of drug-likeness (QED) is 0.144. The van der Waals surface area contributed by atoms with E-state index in [1.54, 1.807) is 5.57 Å². The lowest BCUT2D eigenvalue weighted by Gasteiger charge is -2.71. The van der Waals surface area contributed by atoms with Crippen LogP contribution < -0.4 is 0 Å². The van der Waals surface area contributed by atoms with Crippen LogP contribution in [0.4, 0.5) is 0 Å². The maximum absolute atomic E-state index is 12.2. The molecule has 0 amide bonds. The third-order valence-electron chi connectivity index (χ3n) is 17.3. The number of aliphatic carboxylic acids is 1. The Balaban J connectivity index is 1.15. The number of aliphatic hydroxyl groups excluding tert-OH is 7. The van der Waals surface area contributed by atoms with E-state index in [0.717, 1.165) is 51.4 Å². The van der Waals surface area contributed by atoms with Gasteiger partial charge in [-0.05, 0) is 103 Å². The maximum Gasteiger partial charge on any atom is 0.335 e. The van der Waals surface area contributed by atoms with Gasteiger partial charge in [-0.15, -0.1) is 0 Å². The highest BCUT2D eigenvalue weighted by atomic mass is 16.8. The highest BCUT2D eigenvalue weighted by Crippen LogP contribution is 2.76. The van der Waals surface area contributed by atoms with Crippen molar-refractivity contribution in [2.24, 2.45) is 50.2 Å². The fourth-order valence-electron chi connectivity index (χ4n) is 13.7. The van der Waals surface area contributed by atoms with Gasteiger partial charge in [-0.2, -0.15) is 0 Å². The fourth-order valence-corrected chi connectivity index (χ4v) is 13.7. The predicted molar refractivity (Wildman–Crippen MR) is 198 cm³/mol. The summed E-state index contributed by atoms with van der Waals surface area (Å²) in [6, 6.07) is 0. The number of allylic oxidation sites excluding steroid dienone is 2. The first kappa shape index (κ1) is 41.9. The molecule has 55 heavy (non-hydrogen) atoms. The molecule has 4 saturated carbocycles. The number of fused-ring (bicyclic) bond motifs is 7. The zero-order chi connectivity index (χ0) is 40.4. The molecule has 8 N–H and O–H groups in total. The Labute approximate surface area is 325 Å². The molecule has 2 aliphatic heterocycles. The van der Waals surface area contributed by atoms with Crippen molar-refractivity contribution in [3.8, 4) is 0 Å². The summed E-state index contributed by atoms with van der Waals surface area (Å²) >= 11 is 0. The first-order valence-electron chi connectivity index (χ1n) is 20.7. The number of ether oxygens (including phenoxy) is 4. The molecule has 7 aliphatic rings. The molecule has 0 unspecified atom stereocenters. The Bertz CT molecular complexity index is 1500. The fraction of sp³-hybridized carbons (Fsp3) is 0.929. The molecule has 2 heterocycles. The van der Waals surface area contributed by atoms with E-state index < -0.39 is 85.5 Å². The average molecular weight is 781 g/mol. The molecule has 6 fully saturated rings. The Kier molecular flexibility index (Phi) is 10.6. The molecular weight excluding hydrogens is 712 g/mol. The Hall–Kier alpha value is -1.23. The zero-order valence-electron chi connectivity index (χ0n) is 33.9. The minimum Gasteiger partial charge on any atom is -0.479 e. The lowest BCUT2D eigenvalue weighted by molar-refractivity contribution is -0.374. The predicted octanol–water partition coefficient (Wildman–Crippen LogP) is 2.88. The van der Waals surface area contributed by atoms with Gasteiger partial charge >= 0.3 is 5.97 Å². The molecule has 314 valence electrons. The lowest BCUT2D eigenvalue weighted by Crippen LogP contribution is -2.67. The Morgan fingerprint density at radius 1 is 0.745 bits per heavy atom. The third-order valence-corrected chi connectivity index (χ3v) is 17.3. The highest BCUT2D eigenvalue weighted by Gasteiger charge is 2.69. The summed E-state index contributed by atoms with van der Waals surface area (Å²) in [7, 11) is 0. The van der Waals surface area contributed by atoms with Gasteiger partial charge in [0.25, 0.3) is 0 Å². The van der Waals surface area contributed by atoms with Gasteiger partial charge in [-0.3, -0.25) is 0 Å². The molecular formula is C42H68O13. The van der Waals surface area contributed by atoms with Crippen LogP contribution in [0.2, 0.25) is 0 Å². The molecule has 2 saturated heterocycles. The number of carbonyl (C=O) groups is 1. The molecule has 5 aliphatic carbocycles. The van der Waals surface area contributed by atoms with E-state index in [1.165, 1.54) is 0 Å². The third kappa shape index (κ3) is 6.23. The monoisotopic (exact) mass is 780 g/mol. The second-order valence-electron chi connectivity index (χ2n) is 21.0. The normalized spacial score (nSPS) is 54.5. The van der Waals surface area contributed by atoms with E-state index >= 15 is 0 Å². The van der Waals surface area contributed by atoms with Gasteiger partial charge in [0.1, 0.15) is 42.7 Å². The van der Waals surface area contributed by atoms with Crippen LogP contribution in [-0.4, -0.2) is 127 Å². The number of carboxylic acid groups (broad SMARTS) is 1. The largest absolute Gasteiger partial charge is 0.479 e. The van der Waals surface area contributed by atoms with Crippen LogP contribution in [0.15, 0.2) is 11.6 Å². The van der Waals surface area contributed by atoms with Crippen LogP contribution in [0.5, 0.6) is 0 Å². The van der Waals surface area contributed by atoms with Gasteiger partial charge in [0.05, 0.1) is 18.8 Å². The summed E-state index contributed by atoms with van der Waals surface area (Å²) in [6.07, 6.45) is -6.63. The van der Waals surface area contributed by atoms with E-state index in [9.17, 15) is 45.6 Å². The number of rotatable bonds is 6. The van der Waals surface area contributed by atoms with E-state index in [-0.39, 0.29) is 39.1 Å². The zero-order valence-corrected chi connectivity index (χ0v) is 33.9. The van der Waals surface area contributed by atoms with E-state index in [0.29, 0.717) is 18.3 Å². The molecule has 0 radical (unpaired) electrons. The van der Waals surface area contributed by atoms with Crippen LogP contribution in [0.1, 0.15) is 113 Å². The summed E-state index contributed by atoms with van der Waals surface area (Å²) in [5.41, 5.74) is 1.09. The van der Waals surface area contributed by atoms with Crippen LogP contribution >= 0.6 is 0 Å². The molecule has 0 aromatic carbocycles. The topological polar surface area (TPSA) is 216 Å². The molecule has 13 heteroatoms. The van der Waals surface area contributed by atoms with Gasteiger partial charge in [0.2, 0.25) is 0 Å². The second-order valence-corrected chi connectivity index (χ2v) is 21.0. The minimum atomic E-state index is -1.92. The molecule has 19 atom stereocenters. The van der Waals surface area contributed by atoms with Crippen molar-refractivity contribution >= 4 is 5.97 Å². The molecule has 0 aromatic rings. The number of hydrogen-bond acceptors (Lipinski definition) is 12. The van der Waals surface area contributed by atoms with Gasteiger partial charge in [-0.1, -0.05) is 67.0 Å². The summed E-state index contributed by atoms with van der Waals surface area (Å²) in [5.74, 6) is -0.522. The maximum atomic E-state index is 12.2. The number of hydrogen-bond donors (Lipinski definition) is 8. The van der Waals surface area contributed by atoms with Crippen molar-refractivity contribution in [2.45, 2.75) is 187 Å². The van der Waals surface area contributed by atoms with Crippen LogP contribution in [0.25, 0.3) is 0 Å². The first-order chi connectivity index (χ1) is 25.5. The summed E-state index contributed by atoms with van der Waals surface area (Å²) in [5, 5.41) is 84.6. The average Bonchev–Trinajstić information content (AvgIpc) is 3.10. The van der Waals surface area contributed by atoms with E-state index in [2.05, 4.69) is 61.5 Å². The molecule has 13 nitrogen and oxygen atoms in total. The lowest BCUT2D eigenvalue weighted by atomic mass is 9.33. The van der Waals surface area contributed by atoms with Gasteiger partial charge < -0.3 is 59.8 Å². The van der Waals surface area contributed by atoms with Gasteiger partial charge in [0, 0.05) is 5.41 Å². The summed E-state index contributed by atoms with van der Waals surface area (Å²) in [4.78, 5) is 12.2. The van der Waals surface area contributed by atoms with Crippen molar-refractivity contribution in [3.05, 3.63) is 11.6 Å². The second kappa shape index (κ2) is 13.9. The Morgan fingerprint density at radius 2 is 1.44 bits per heavy atom. The molecule has 0 aromatic heterocycles. The minimum absolute atomic E-state index is 0.00638. The highest BCUT2D eigenvalue weighted by molar-refractivity contribution is 5.73. The van der Waals surface area contributed by atoms with Gasteiger partial charge in [-0.25, -0.2) is 4.79 Å². The van der Waals surface area contributed by atoms with Gasteiger partial charge in [0.15, 0.2) is 18.7 Å². The van der Waals surface area contributed by atoms with E-state index in [1.807, 2.05) is 0 Å². The molecule has 7 rings (SSSR count). The summed E-state index contributed by atoms with van der Waals surface area (Å²) in [6.45, 7) is 18.1. The smallest absolute Gasteiger partial charge is 0.335 e. The SMILES string of the molecule is CC1(C)C[C@@H]2C3=CC[C@H]4[C@]5(C)CC[C@H](O[C@@H]6O[C@@H](C(=O)O)[C@H](O)[C@@H](O)[C@@H]6O[C@H]6O[C@@H](CO)[C@@H](O)[C@@H](O)[C@@H]6O)C(C)(C)[C@H]5CC[C@]4(C)[C@@]3(C)CC[C@]2(C)[C@@H](O)C1.